The lowest BCUT2D eigenvalue weighted by molar-refractivity contribution is 0.200. The van der Waals surface area contributed by atoms with Crippen LogP contribution < -0.4 is 21.1 Å². The van der Waals surface area contributed by atoms with Crippen LogP contribution in [-0.4, -0.2) is 46.8 Å². The average molecular weight is 365 g/mol. The van der Waals surface area contributed by atoms with E-state index in [-0.39, 0.29) is 17.4 Å². The second-order valence-corrected chi connectivity index (χ2v) is 7.29. The van der Waals surface area contributed by atoms with Gasteiger partial charge in [-0.05, 0) is 38.0 Å². The molecule has 0 spiro atoms. The van der Waals surface area contributed by atoms with E-state index in [0.29, 0.717) is 16.9 Å². The van der Waals surface area contributed by atoms with Crippen molar-refractivity contribution in [1.82, 2.24) is 9.97 Å². The second-order valence-electron chi connectivity index (χ2n) is 7.29. The van der Waals surface area contributed by atoms with Crippen molar-refractivity contribution in [2.75, 3.05) is 23.7 Å². The van der Waals surface area contributed by atoms with E-state index < -0.39 is 0 Å². The maximum absolute atomic E-state index is 8.59. The van der Waals surface area contributed by atoms with Gasteiger partial charge < -0.3 is 21.1 Å². The number of hydrogen-bond acceptors (Lipinski definition) is 7. The fourth-order valence-electron chi connectivity index (χ4n) is 3.03. The van der Waals surface area contributed by atoms with Crippen LogP contribution in [0.1, 0.15) is 31.0 Å². The molecule has 8 nitrogen and oxygen atoms in total. The summed E-state index contributed by atoms with van der Waals surface area (Å²) in [7, 11) is 0. The Balaban J connectivity index is 1.54. The number of nitrogens with one attached hydrogen (secondary N) is 1. The quantitative estimate of drug-likeness (QED) is 0.405. The summed E-state index contributed by atoms with van der Waals surface area (Å²) in [5.41, 5.74) is 13.3. The van der Waals surface area contributed by atoms with Crippen molar-refractivity contribution >= 4 is 23.6 Å². The Labute approximate surface area is 157 Å². The number of hydrogen-bond donors (Lipinski definition) is 3. The van der Waals surface area contributed by atoms with E-state index in [2.05, 4.69) is 26.8 Å². The van der Waals surface area contributed by atoms with Crippen LogP contribution >= 0.6 is 0 Å². The van der Waals surface area contributed by atoms with Gasteiger partial charge in [0, 0.05) is 30.4 Å². The largest absolute Gasteiger partial charge is 0.488 e. The van der Waals surface area contributed by atoms with E-state index in [9.17, 15) is 0 Å². The van der Waals surface area contributed by atoms with Gasteiger partial charge in [0.15, 0.2) is 0 Å². The molecule has 4 rings (SSSR count). The third-order valence-electron chi connectivity index (χ3n) is 5.00. The number of nitrogen functional groups attached to an aromatic ring is 1. The minimum Gasteiger partial charge on any atom is -0.488 e. The molecule has 5 N–H and O–H groups in total. The van der Waals surface area contributed by atoms with Gasteiger partial charge in [0.05, 0.1) is 23.8 Å². The predicted molar refractivity (Wildman–Crippen MR) is 106 cm³/mol. The fourth-order valence-corrected chi connectivity index (χ4v) is 3.03. The monoisotopic (exact) mass is 365 g/mol. The molecule has 27 heavy (non-hydrogen) atoms. The van der Waals surface area contributed by atoms with Gasteiger partial charge in [-0.3, -0.25) is 10.4 Å². The van der Waals surface area contributed by atoms with Gasteiger partial charge in [0.1, 0.15) is 23.5 Å². The molecule has 0 bridgehead atoms. The van der Waals surface area contributed by atoms with Crippen molar-refractivity contribution in [3.63, 3.8) is 0 Å². The highest BCUT2D eigenvalue weighted by molar-refractivity contribution is 6.13. The molecule has 0 atom stereocenters. The van der Waals surface area contributed by atoms with E-state index >= 15 is 0 Å². The zero-order valence-corrected chi connectivity index (χ0v) is 15.2. The third kappa shape index (κ3) is 3.55. The Morgan fingerprint density at radius 2 is 2.11 bits per heavy atom. The molecule has 0 radical (unpaired) electrons. The molecule has 2 aromatic rings. The lowest BCUT2D eigenvalue weighted by atomic mass is 10.0. The Hall–Kier alpha value is -3.16. The van der Waals surface area contributed by atoms with Crippen LogP contribution in [0.4, 0.5) is 11.5 Å². The summed E-state index contributed by atoms with van der Waals surface area (Å²) >= 11 is 0. The first kappa shape index (κ1) is 17.3. The number of ether oxygens (including phenoxy) is 1. The van der Waals surface area contributed by atoms with E-state index in [1.807, 2.05) is 12.1 Å². The van der Waals surface area contributed by atoms with Crippen LogP contribution in [0.25, 0.3) is 0 Å². The number of anilines is 2. The predicted octanol–water partition coefficient (Wildman–Crippen LogP) is 1.58. The molecule has 1 aliphatic heterocycles. The van der Waals surface area contributed by atoms with Gasteiger partial charge in [-0.15, -0.1) is 0 Å². The van der Waals surface area contributed by atoms with Crippen molar-refractivity contribution in [3.8, 4) is 5.75 Å². The molecular weight excluding hydrogens is 342 g/mol. The van der Waals surface area contributed by atoms with E-state index in [1.165, 1.54) is 12.7 Å². The average Bonchev–Trinajstić information content (AvgIpc) is 3.36. The van der Waals surface area contributed by atoms with Crippen molar-refractivity contribution in [2.45, 2.75) is 31.4 Å². The van der Waals surface area contributed by atoms with Crippen LogP contribution in [0.3, 0.4) is 0 Å². The highest BCUT2D eigenvalue weighted by atomic mass is 16.5. The SMILES string of the molecule is CC1(Oc2ccc(N)c(C(=N)c3cc(N4CC(N=CN)C4)ncn3)c2)CC1. The topological polar surface area (TPSA) is 126 Å². The minimum absolute atomic E-state index is 0.0856. The fraction of sp³-hybridized carbons (Fsp3) is 0.368. The van der Waals surface area contributed by atoms with Gasteiger partial charge >= 0.3 is 0 Å². The first-order valence-electron chi connectivity index (χ1n) is 8.96. The van der Waals surface area contributed by atoms with Gasteiger partial charge in [-0.2, -0.15) is 0 Å². The van der Waals surface area contributed by atoms with Crippen LogP contribution in [0, 0.1) is 5.41 Å². The lowest BCUT2D eigenvalue weighted by Crippen LogP contribution is -2.50. The summed E-state index contributed by atoms with van der Waals surface area (Å²) in [5, 5.41) is 8.59. The highest BCUT2D eigenvalue weighted by Gasteiger charge is 2.40. The van der Waals surface area contributed by atoms with Gasteiger partial charge in [-0.25, -0.2) is 9.97 Å². The van der Waals surface area contributed by atoms with Crippen LogP contribution in [-0.2, 0) is 0 Å². The molecule has 2 heterocycles. The molecule has 2 aliphatic rings. The van der Waals surface area contributed by atoms with Crippen LogP contribution in [0.2, 0.25) is 0 Å². The number of nitrogens with zero attached hydrogens (tertiary/aromatic N) is 4. The standard InChI is InChI=1S/C19H23N7O/c1-19(4-5-19)27-13-2-3-15(21)14(6-13)18(22)16-7-17(25-11-24-16)26-8-12(9-26)23-10-20/h2-3,6-7,10-12,22H,4-5,8-9,21H2,1H3,(H2,20,23). The molecule has 1 saturated heterocycles. The molecule has 8 heteroatoms. The number of nitrogens with two attached hydrogens (primary N) is 2. The molecule has 0 amide bonds. The van der Waals surface area contributed by atoms with Crippen molar-refractivity contribution in [1.29, 1.82) is 5.41 Å². The zero-order valence-electron chi connectivity index (χ0n) is 15.2. The Morgan fingerprint density at radius 3 is 2.81 bits per heavy atom. The maximum Gasteiger partial charge on any atom is 0.132 e. The molecular formula is C19H23N7O. The second kappa shape index (κ2) is 6.53. The van der Waals surface area contributed by atoms with E-state index in [1.54, 1.807) is 12.1 Å². The number of benzene rings is 1. The summed E-state index contributed by atoms with van der Waals surface area (Å²) in [6.07, 6.45) is 4.90. The zero-order chi connectivity index (χ0) is 19.0. The molecule has 1 aromatic heterocycles. The van der Waals surface area contributed by atoms with Crippen molar-refractivity contribution < 1.29 is 4.74 Å². The van der Waals surface area contributed by atoms with Crippen molar-refractivity contribution in [3.05, 3.63) is 41.9 Å². The molecule has 2 fully saturated rings. The Morgan fingerprint density at radius 1 is 1.33 bits per heavy atom. The van der Waals surface area contributed by atoms with Gasteiger partial charge in [-0.1, -0.05) is 0 Å². The summed E-state index contributed by atoms with van der Waals surface area (Å²) in [6.45, 7) is 3.59. The summed E-state index contributed by atoms with van der Waals surface area (Å²) < 4.78 is 6.00. The number of rotatable bonds is 6. The summed E-state index contributed by atoms with van der Waals surface area (Å²) in [5.74, 6) is 1.49. The summed E-state index contributed by atoms with van der Waals surface area (Å²) in [6, 6.07) is 7.44. The van der Waals surface area contributed by atoms with Crippen LogP contribution in [0.15, 0.2) is 35.6 Å². The Kier molecular flexibility index (Phi) is 4.18. The molecule has 1 saturated carbocycles. The third-order valence-corrected chi connectivity index (χ3v) is 5.00. The van der Waals surface area contributed by atoms with E-state index in [4.69, 9.17) is 21.6 Å². The van der Waals surface area contributed by atoms with Gasteiger partial charge in [0.25, 0.3) is 0 Å². The number of aliphatic imine (C=N–C) groups is 1. The van der Waals surface area contributed by atoms with E-state index in [0.717, 1.165) is 37.5 Å². The molecule has 140 valence electrons. The Bertz CT molecular complexity index is 901. The molecule has 0 unspecified atom stereocenters. The summed E-state index contributed by atoms with van der Waals surface area (Å²) in [4.78, 5) is 14.8. The first-order chi connectivity index (χ1) is 13.0. The first-order valence-corrected chi connectivity index (χ1v) is 8.96. The lowest BCUT2D eigenvalue weighted by Gasteiger charge is -2.37. The normalized spacial score (nSPS) is 18.3. The van der Waals surface area contributed by atoms with Crippen molar-refractivity contribution in [2.24, 2.45) is 10.7 Å². The van der Waals surface area contributed by atoms with Crippen LogP contribution in [0.5, 0.6) is 5.75 Å². The highest BCUT2D eigenvalue weighted by Crippen LogP contribution is 2.40. The minimum atomic E-state index is -0.0856. The smallest absolute Gasteiger partial charge is 0.132 e. The van der Waals surface area contributed by atoms with Gasteiger partial charge in [0.2, 0.25) is 0 Å². The maximum atomic E-state index is 8.59. The number of aromatic nitrogens is 2. The molecule has 1 aromatic carbocycles. The molecule has 1 aliphatic carbocycles.